The fourth-order valence-electron chi connectivity index (χ4n) is 2.70. The molecular weight excluding hydrogens is 368 g/mol. The molecule has 0 unspecified atom stereocenters. The maximum absolute atomic E-state index is 12.9. The molecule has 0 aliphatic rings. The van der Waals surface area contributed by atoms with Crippen LogP contribution in [0.1, 0.15) is 11.3 Å². The molecule has 0 spiro atoms. The lowest BCUT2D eigenvalue weighted by Gasteiger charge is -2.11. The molecule has 134 valence electrons. The van der Waals surface area contributed by atoms with Gasteiger partial charge in [-0.05, 0) is 55.9 Å². The number of nitrogens with zero attached hydrogens (tertiary/aromatic N) is 2. The summed E-state index contributed by atoms with van der Waals surface area (Å²) in [6.45, 7) is 3.83. The molecule has 5 nitrogen and oxygen atoms in total. The van der Waals surface area contributed by atoms with Crippen molar-refractivity contribution >= 4 is 40.3 Å². The molecule has 2 aromatic carbocycles. The van der Waals surface area contributed by atoms with E-state index in [9.17, 15) is 4.79 Å². The van der Waals surface area contributed by atoms with Gasteiger partial charge in [0.15, 0.2) is 5.11 Å². The van der Waals surface area contributed by atoms with Crippen LogP contribution in [0.2, 0.25) is 5.02 Å². The van der Waals surface area contributed by atoms with E-state index in [1.807, 2.05) is 69.4 Å². The first-order valence-electron chi connectivity index (χ1n) is 8.06. The Morgan fingerprint density at radius 2 is 1.77 bits per heavy atom. The van der Waals surface area contributed by atoms with Crippen LogP contribution in [0.5, 0.6) is 0 Å². The third-order valence-electron chi connectivity index (χ3n) is 4.17. The molecule has 1 aromatic heterocycles. The first-order chi connectivity index (χ1) is 12.4. The van der Waals surface area contributed by atoms with E-state index in [2.05, 4.69) is 10.6 Å². The molecule has 0 atom stereocenters. The molecule has 3 rings (SSSR count). The normalized spacial score (nSPS) is 10.6. The fourth-order valence-corrected chi connectivity index (χ4v) is 3.20. The van der Waals surface area contributed by atoms with Crippen LogP contribution in [0.4, 0.5) is 11.4 Å². The van der Waals surface area contributed by atoms with E-state index < -0.39 is 0 Å². The van der Waals surface area contributed by atoms with E-state index in [4.69, 9.17) is 23.8 Å². The SMILES string of the molecule is Cc1ccc(NC(=S)Nc2c(C)n(C)n(-c3ccccc3)c2=O)c(Cl)c1. The lowest BCUT2D eigenvalue weighted by atomic mass is 10.2. The Labute approximate surface area is 162 Å². The van der Waals surface area contributed by atoms with Crippen molar-refractivity contribution in [2.45, 2.75) is 13.8 Å². The number of para-hydroxylation sites is 1. The largest absolute Gasteiger partial charge is 0.331 e. The highest BCUT2D eigenvalue weighted by Gasteiger charge is 2.17. The molecule has 7 heteroatoms. The highest BCUT2D eigenvalue weighted by atomic mass is 35.5. The van der Waals surface area contributed by atoms with Crippen LogP contribution in [0.3, 0.4) is 0 Å². The lowest BCUT2D eigenvalue weighted by Crippen LogP contribution is -2.25. The molecule has 0 aliphatic heterocycles. The minimum atomic E-state index is -0.171. The van der Waals surface area contributed by atoms with E-state index in [1.165, 1.54) is 0 Å². The second kappa shape index (κ2) is 7.35. The van der Waals surface area contributed by atoms with Crippen LogP contribution in [-0.4, -0.2) is 14.5 Å². The van der Waals surface area contributed by atoms with E-state index in [0.717, 1.165) is 16.9 Å². The van der Waals surface area contributed by atoms with Crippen molar-refractivity contribution in [3.05, 3.63) is 75.2 Å². The first-order valence-corrected chi connectivity index (χ1v) is 8.85. The molecule has 0 bridgehead atoms. The summed E-state index contributed by atoms with van der Waals surface area (Å²) in [5.74, 6) is 0. The van der Waals surface area contributed by atoms with Gasteiger partial charge < -0.3 is 10.6 Å². The van der Waals surface area contributed by atoms with Crippen LogP contribution in [-0.2, 0) is 7.05 Å². The monoisotopic (exact) mass is 386 g/mol. The quantitative estimate of drug-likeness (QED) is 0.660. The van der Waals surface area contributed by atoms with Crippen molar-refractivity contribution in [2.24, 2.45) is 7.05 Å². The number of anilines is 2. The summed E-state index contributed by atoms with van der Waals surface area (Å²) in [4.78, 5) is 12.9. The van der Waals surface area contributed by atoms with Crippen LogP contribution in [0.15, 0.2) is 53.3 Å². The molecule has 1 heterocycles. The Hall–Kier alpha value is -2.57. The van der Waals surface area contributed by atoms with Gasteiger partial charge in [0.25, 0.3) is 5.56 Å². The zero-order valence-corrected chi connectivity index (χ0v) is 16.3. The Balaban J connectivity index is 1.88. The number of hydrogen-bond donors (Lipinski definition) is 2. The Morgan fingerprint density at radius 3 is 2.42 bits per heavy atom. The Bertz CT molecular complexity index is 1020. The topological polar surface area (TPSA) is 51.0 Å². The zero-order chi connectivity index (χ0) is 18.8. The molecule has 0 aliphatic carbocycles. The van der Waals surface area contributed by atoms with E-state index in [1.54, 1.807) is 9.36 Å². The van der Waals surface area contributed by atoms with E-state index in [-0.39, 0.29) is 5.56 Å². The number of aryl methyl sites for hydroxylation is 1. The van der Waals surface area contributed by atoms with E-state index >= 15 is 0 Å². The van der Waals surface area contributed by atoms with Crippen molar-refractivity contribution < 1.29 is 0 Å². The predicted molar refractivity (Wildman–Crippen MR) is 112 cm³/mol. The highest BCUT2D eigenvalue weighted by Crippen LogP contribution is 2.23. The third kappa shape index (κ3) is 3.52. The van der Waals surface area contributed by atoms with Gasteiger partial charge in [0.05, 0.1) is 22.1 Å². The van der Waals surface area contributed by atoms with Gasteiger partial charge >= 0.3 is 0 Å². The number of rotatable bonds is 3. The number of benzene rings is 2. The number of halogens is 1. The molecule has 26 heavy (non-hydrogen) atoms. The van der Waals surface area contributed by atoms with Gasteiger partial charge in [-0.2, -0.15) is 0 Å². The van der Waals surface area contributed by atoms with Crippen LogP contribution in [0.25, 0.3) is 5.69 Å². The second-order valence-electron chi connectivity index (χ2n) is 6.00. The standard InChI is InChI=1S/C19H19ClN4OS/c1-12-9-10-16(15(20)11-12)21-19(26)22-17-13(2)23(3)24(18(17)25)14-7-5-4-6-8-14/h4-11H,1-3H3,(H2,21,22,26). The van der Waals surface area contributed by atoms with Crippen molar-refractivity contribution in [3.63, 3.8) is 0 Å². The average Bonchev–Trinajstić information content (AvgIpc) is 2.82. The minimum Gasteiger partial charge on any atom is -0.331 e. The van der Waals surface area contributed by atoms with E-state index in [0.29, 0.717) is 21.5 Å². The summed E-state index contributed by atoms with van der Waals surface area (Å²) in [5, 5.41) is 6.92. The van der Waals surface area contributed by atoms with Crippen LogP contribution >= 0.6 is 23.8 Å². The molecule has 0 fully saturated rings. The number of nitrogens with one attached hydrogen (secondary N) is 2. The number of aromatic nitrogens is 2. The molecule has 0 saturated carbocycles. The van der Waals surface area contributed by atoms with Crippen LogP contribution in [0, 0.1) is 13.8 Å². The van der Waals surface area contributed by atoms with Gasteiger partial charge in [0.2, 0.25) is 0 Å². The van der Waals surface area contributed by atoms with Crippen molar-refractivity contribution in [3.8, 4) is 5.69 Å². The smallest absolute Gasteiger partial charge is 0.295 e. The van der Waals surface area contributed by atoms with Crippen molar-refractivity contribution in [2.75, 3.05) is 10.6 Å². The van der Waals surface area contributed by atoms with Gasteiger partial charge in [-0.15, -0.1) is 0 Å². The Kier molecular flexibility index (Phi) is 5.15. The van der Waals surface area contributed by atoms with Gasteiger partial charge in [-0.3, -0.25) is 9.48 Å². The van der Waals surface area contributed by atoms with Crippen molar-refractivity contribution in [1.82, 2.24) is 9.36 Å². The highest BCUT2D eigenvalue weighted by molar-refractivity contribution is 7.80. The molecule has 3 aromatic rings. The van der Waals surface area contributed by atoms with Crippen LogP contribution < -0.4 is 16.2 Å². The fraction of sp³-hybridized carbons (Fsp3) is 0.158. The summed E-state index contributed by atoms with van der Waals surface area (Å²) in [7, 11) is 1.84. The Morgan fingerprint density at radius 1 is 1.08 bits per heavy atom. The van der Waals surface area contributed by atoms with Gasteiger partial charge in [-0.1, -0.05) is 35.9 Å². The minimum absolute atomic E-state index is 0.171. The summed E-state index contributed by atoms with van der Waals surface area (Å²) >= 11 is 11.6. The van der Waals surface area contributed by atoms with Gasteiger partial charge in [0, 0.05) is 7.05 Å². The predicted octanol–water partition coefficient (Wildman–Crippen LogP) is 4.26. The summed E-state index contributed by atoms with van der Waals surface area (Å²) in [6, 6.07) is 15.1. The molecule has 0 radical (unpaired) electrons. The number of hydrogen-bond acceptors (Lipinski definition) is 2. The average molecular weight is 387 g/mol. The molecule has 2 N–H and O–H groups in total. The van der Waals surface area contributed by atoms with Gasteiger partial charge in [0.1, 0.15) is 5.69 Å². The lowest BCUT2D eigenvalue weighted by molar-refractivity contribution is 0.630. The summed E-state index contributed by atoms with van der Waals surface area (Å²) in [5.41, 5.74) is 3.57. The maximum atomic E-state index is 12.9. The molecular formula is C19H19ClN4OS. The summed E-state index contributed by atoms with van der Waals surface area (Å²) in [6.07, 6.45) is 0. The third-order valence-corrected chi connectivity index (χ3v) is 4.68. The van der Waals surface area contributed by atoms with Crippen molar-refractivity contribution in [1.29, 1.82) is 0 Å². The summed E-state index contributed by atoms with van der Waals surface area (Å²) < 4.78 is 3.39. The first kappa shape index (κ1) is 18.2. The number of thiocarbonyl (C=S) groups is 1. The maximum Gasteiger partial charge on any atom is 0.295 e. The van der Waals surface area contributed by atoms with Gasteiger partial charge in [-0.25, -0.2) is 4.68 Å². The molecule has 0 saturated heterocycles. The second-order valence-corrected chi connectivity index (χ2v) is 6.81. The zero-order valence-electron chi connectivity index (χ0n) is 14.7. The molecule has 0 amide bonds.